The number of carbonyl (C=O) groups is 1. The summed E-state index contributed by atoms with van der Waals surface area (Å²) in [5, 5.41) is 14.3. The number of H-pyrrole nitrogens is 1. The summed E-state index contributed by atoms with van der Waals surface area (Å²) in [6.07, 6.45) is 7.96. The highest BCUT2D eigenvalue weighted by Crippen LogP contribution is 2.40. The highest BCUT2D eigenvalue weighted by atomic mass is 16.5. The van der Waals surface area contributed by atoms with Gasteiger partial charge in [0, 0.05) is 56.1 Å². The van der Waals surface area contributed by atoms with Crippen LogP contribution in [0.4, 0.5) is 0 Å². The number of amides is 1. The first kappa shape index (κ1) is 19.0. The third kappa shape index (κ3) is 3.67. The molecule has 8 heteroatoms. The third-order valence-electron chi connectivity index (χ3n) is 6.11. The zero-order chi connectivity index (χ0) is 19.6. The SMILES string of the molecule is C[C@@]1(NC(=O)c2ccncc2)CCOC2(CCN(Cc3cnc[nH]3)CC2)[C@H]1O. The molecule has 2 aliphatic rings. The summed E-state index contributed by atoms with van der Waals surface area (Å²) < 4.78 is 6.13. The van der Waals surface area contributed by atoms with Crippen LogP contribution in [0.15, 0.2) is 37.1 Å². The maximum absolute atomic E-state index is 12.7. The molecule has 28 heavy (non-hydrogen) atoms. The molecule has 2 aromatic heterocycles. The number of hydrogen-bond donors (Lipinski definition) is 3. The first-order chi connectivity index (χ1) is 13.5. The number of hydrogen-bond acceptors (Lipinski definition) is 6. The van der Waals surface area contributed by atoms with Crippen molar-refractivity contribution in [3.8, 4) is 0 Å². The molecule has 0 aromatic carbocycles. The molecule has 4 rings (SSSR count). The zero-order valence-corrected chi connectivity index (χ0v) is 16.1. The van der Waals surface area contributed by atoms with Gasteiger partial charge in [-0.1, -0.05) is 0 Å². The van der Waals surface area contributed by atoms with Gasteiger partial charge in [0.15, 0.2) is 0 Å². The average molecular weight is 385 g/mol. The number of piperidine rings is 1. The number of rotatable bonds is 4. The summed E-state index contributed by atoms with van der Waals surface area (Å²) in [7, 11) is 0. The number of aliphatic hydroxyl groups is 1. The number of nitrogens with one attached hydrogen (secondary N) is 2. The number of aromatic amines is 1. The molecule has 0 bridgehead atoms. The fourth-order valence-corrected chi connectivity index (χ4v) is 4.35. The van der Waals surface area contributed by atoms with Crippen LogP contribution in [0.1, 0.15) is 42.2 Å². The van der Waals surface area contributed by atoms with E-state index >= 15 is 0 Å². The first-order valence-corrected chi connectivity index (χ1v) is 9.75. The molecular weight excluding hydrogens is 358 g/mol. The van der Waals surface area contributed by atoms with Gasteiger partial charge in [-0.3, -0.25) is 14.7 Å². The van der Waals surface area contributed by atoms with Crippen molar-refractivity contribution in [3.63, 3.8) is 0 Å². The number of nitrogens with zero attached hydrogens (tertiary/aromatic N) is 3. The Bertz CT molecular complexity index is 789. The van der Waals surface area contributed by atoms with Gasteiger partial charge in [0.05, 0.1) is 17.5 Å². The molecular formula is C20H27N5O3. The summed E-state index contributed by atoms with van der Waals surface area (Å²) in [5.41, 5.74) is 0.265. The summed E-state index contributed by atoms with van der Waals surface area (Å²) in [6, 6.07) is 3.35. The standard InChI is InChI=1S/C20H27N5O3/c1-19(24-17(26)15-2-7-21-8-3-15)6-11-28-20(18(19)27)4-9-25(10-5-20)13-16-12-22-14-23-16/h2-3,7-8,12,14,18,27H,4-6,9-11,13H2,1H3,(H,22,23)(H,24,26)/t18-,19+/m0/s1. The van der Waals surface area contributed by atoms with Crippen molar-refractivity contribution < 1.29 is 14.6 Å². The average Bonchev–Trinajstić information content (AvgIpc) is 3.22. The van der Waals surface area contributed by atoms with E-state index in [0.29, 0.717) is 18.6 Å². The summed E-state index contributed by atoms with van der Waals surface area (Å²) >= 11 is 0. The number of aliphatic hydroxyl groups excluding tert-OH is 1. The van der Waals surface area contributed by atoms with E-state index in [9.17, 15) is 9.90 Å². The molecule has 2 aromatic rings. The molecule has 2 atom stereocenters. The van der Waals surface area contributed by atoms with Gasteiger partial charge < -0.3 is 20.1 Å². The largest absolute Gasteiger partial charge is 0.388 e. The van der Waals surface area contributed by atoms with Gasteiger partial charge in [-0.15, -0.1) is 0 Å². The van der Waals surface area contributed by atoms with E-state index in [-0.39, 0.29) is 5.91 Å². The monoisotopic (exact) mass is 385 g/mol. The lowest BCUT2D eigenvalue weighted by atomic mass is 9.73. The topological polar surface area (TPSA) is 103 Å². The Labute approximate surface area is 164 Å². The van der Waals surface area contributed by atoms with Crippen molar-refractivity contribution in [2.45, 2.75) is 50.0 Å². The Morgan fingerprint density at radius 3 is 2.75 bits per heavy atom. The van der Waals surface area contributed by atoms with Crippen molar-refractivity contribution >= 4 is 5.91 Å². The second-order valence-corrected chi connectivity index (χ2v) is 8.03. The number of carbonyl (C=O) groups excluding carboxylic acids is 1. The molecule has 2 aliphatic heterocycles. The van der Waals surface area contributed by atoms with Crippen LogP contribution >= 0.6 is 0 Å². The normalized spacial score (nSPS) is 27.6. The minimum Gasteiger partial charge on any atom is -0.388 e. The van der Waals surface area contributed by atoms with E-state index in [0.717, 1.165) is 38.2 Å². The van der Waals surface area contributed by atoms with Crippen LogP contribution in [0.5, 0.6) is 0 Å². The molecule has 4 heterocycles. The second kappa shape index (κ2) is 7.62. The minimum atomic E-state index is -0.770. The predicted octanol–water partition coefficient (Wildman–Crippen LogP) is 1.11. The molecule has 2 fully saturated rings. The van der Waals surface area contributed by atoms with E-state index in [1.807, 2.05) is 13.1 Å². The lowest BCUT2D eigenvalue weighted by Crippen LogP contribution is -2.69. The van der Waals surface area contributed by atoms with Crippen LogP contribution < -0.4 is 5.32 Å². The Kier molecular flexibility index (Phi) is 5.18. The van der Waals surface area contributed by atoms with Crippen LogP contribution in [0, 0.1) is 0 Å². The quantitative estimate of drug-likeness (QED) is 0.729. The lowest BCUT2D eigenvalue weighted by molar-refractivity contribution is -0.206. The van der Waals surface area contributed by atoms with Crippen molar-refractivity contribution in [3.05, 3.63) is 48.3 Å². The maximum atomic E-state index is 12.7. The molecule has 0 aliphatic carbocycles. The van der Waals surface area contributed by atoms with E-state index in [1.165, 1.54) is 0 Å². The van der Waals surface area contributed by atoms with Gasteiger partial charge in [0.25, 0.3) is 5.91 Å². The minimum absolute atomic E-state index is 0.197. The van der Waals surface area contributed by atoms with E-state index < -0.39 is 17.2 Å². The molecule has 8 nitrogen and oxygen atoms in total. The van der Waals surface area contributed by atoms with Crippen LogP contribution in [0.3, 0.4) is 0 Å². The number of ether oxygens (including phenoxy) is 1. The highest BCUT2D eigenvalue weighted by Gasteiger charge is 2.53. The van der Waals surface area contributed by atoms with Gasteiger partial charge in [-0.25, -0.2) is 4.98 Å². The zero-order valence-electron chi connectivity index (χ0n) is 16.1. The van der Waals surface area contributed by atoms with Gasteiger partial charge in [0.2, 0.25) is 0 Å². The van der Waals surface area contributed by atoms with Crippen molar-refractivity contribution in [1.29, 1.82) is 0 Å². The molecule has 0 saturated carbocycles. The molecule has 3 N–H and O–H groups in total. The number of pyridine rings is 1. The summed E-state index contributed by atoms with van der Waals surface area (Å²) in [4.78, 5) is 26.1. The lowest BCUT2D eigenvalue weighted by Gasteiger charge is -2.53. The Morgan fingerprint density at radius 2 is 2.07 bits per heavy atom. The number of aromatic nitrogens is 3. The molecule has 0 radical (unpaired) electrons. The fourth-order valence-electron chi connectivity index (χ4n) is 4.35. The molecule has 1 spiro atoms. The van der Waals surface area contributed by atoms with Crippen LogP contribution in [-0.4, -0.2) is 67.8 Å². The fraction of sp³-hybridized carbons (Fsp3) is 0.550. The van der Waals surface area contributed by atoms with E-state index in [1.54, 1.807) is 30.9 Å². The number of imidazole rings is 1. The molecule has 2 saturated heterocycles. The Morgan fingerprint density at radius 1 is 1.32 bits per heavy atom. The van der Waals surface area contributed by atoms with Crippen LogP contribution in [0.2, 0.25) is 0 Å². The van der Waals surface area contributed by atoms with Crippen LogP contribution in [-0.2, 0) is 11.3 Å². The molecule has 1 amide bonds. The van der Waals surface area contributed by atoms with Crippen molar-refractivity contribution in [2.24, 2.45) is 0 Å². The smallest absolute Gasteiger partial charge is 0.251 e. The van der Waals surface area contributed by atoms with Crippen molar-refractivity contribution in [2.75, 3.05) is 19.7 Å². The summed E-state index contributed by atoms with van der Waals surface area (Å²) in [5.74, 6) is -0.197. The maximum Gasteiger partial charge on any atom is 0.251 e. The first-order valence-electron chi connectivity index (χ1n) is 9.75. The Hall–Kier alpha value is -2.29. The molecule has 150 valence electrons. The van der Waals surface area contributed by atoms with E-state index in [2.05, 4.69) is 25.2 Å². The van der Waals surface area contributed by atoms with Gasteiger partial charge in [0.1, 0.15) is 6.10 Å². The third-order valence-corrected chi connectivity index (χ3v) is 6.11. The van der Waals surface area contributed by atoms with Gasteiger partial charge in [-0.05, 0) is 38.3 Å². The van der Waals surface area contributed by atoms with Gasteiger partial charge in [-0.2, -0.15) is 0 Å². The molecule has 0 unspecified atom stereocenters. The van der Waals surface area contributed by atoms with Crippen molar-refractivity contribution in [1.82, 2.24) is 25.2 Å². The van der Waals surface area contributed by atoms with E-state index in [4.69, 9.17) is 4.74 Å². The van der Waals surface area contributed by atoms with Crippen LogP contribution in [0.25, 0.3) is 0 Å². The predicted molar refractivity (Wildman–Crippen MR) is 103 cm³/mol. The van der Waals surface area contributed by atoms with Gasteiger partial charge >= 0.3 is 0 Å². The summed E-state index contributed by atoms with van der Waals surface area (Å²) in [6.45, 7) is 4.89. The second-order valence-electron chi connectivity index (χ2n) is 8.03. The highest BCUT2D eigenvalue weighted by molar-refractivity contribution is 5.94. The Balaban J connectivity index is 1.42. The number of likely N-dealkylation sites (tertiary alicyclic amines) is 1.